The number of rotatable bonds is 4. The minimum Gasteiger partial charge on any atom is -0.334 e. The van der Waals surface area contributed by atoms with E-state index in [1.165, 1.54) is 24.3 Å². The smallest absolute Gasteiger partial charge is 0.334 e. The second kappa shape index (κ2) is 7.34. The molecule has 0 saturated heterocycles. The van der Waals surface area contributed by atoms with Crippen LogP contribution in [0.25, 0.3) is 0 Å². The van der Waals surface area contributed by atoms with E-state index >= 15 is 0 Å². The van der Waals surface area contributed by atoms with Crippen LogP contribution >= 0.6 is 30.8 Å². The molecule has 0 radical (unpaired) electrons. The van der Waals surface area contributed by atoms with E-state index in [-0.39, 0.29) is 11.8 Å². The Hall–Kier alpha value is -1.56. The second-order valence-corrected chi connectivity index (χ2v) is 6.99. The molecular formula is C14H13Cl2N2O4P. The normalized spacial score (nSPS) is 11.1. The molecule has 0 aliphatic carbocycles. The van der Waals surface area contributed by atoms with Gasteiger partial charge in [0.1, 0.15) is 0 Å². The van der Waals surface area contributed by atoms with Crippen molar-refractivity contribution in [2.24, 2.45) is 0 Å². The fourth-order valence-electron chi connectivity index (χ4n) is 1.87. The highest BCUT2D eigenvalue weighted by Gasteiger charge is 2.20. The van der Waals surface area contributed by atoms with Gasteiger partial charge in [-0.2, -0.15) is 0 Å². The highest BCUT2D eigenvalue weighted by Crippen LogP contribution is 2.34. The van der Waals surface area contributed by atoms with Crippen molar-refractivity contribution < 1.29 is 19.1 Å². The van der Waals surface area contributed by atoms with Crippen LogP contribution in [-0.2, 0) is 11.1 Å². The van der Waals surface area contributed by atoms with Gasteiger partial charge >= 0.3 is 13.6 Å². The Morgan fingerprint density at radius 3 is 2.43 bits per heavy atom. The summed E-state index contributed by atoms with van der Waals surface area (Å²) in [6.45, 7) is -0.0333. The van der Waals surface area contributed by atoms with Gasteiger partial charge in [-0.3, -0.25) is 4.57 Å². The van der Waals surface area contributed by atoms with Gasteiger partial charge in [-0.05, 0) is 29.8 Å². The summed E-state index contributed by atoms with van der Waals surface area (Å²) >= 11 is 11.6. The molecule has 0 aromatic heterocycles. The number of urea groups is 1. The monoisotopic (exact) mass is 374 g/mol. The Morgan fingerprint density at radius 1 is 1.09 bits per heavy atom. The molecule has 9 heteroatoms. The van der Waals surface area contributed by atoms with E-state index in [0.29, 0.717) is 21.3 Å². The predicted octanol–water partition coefficient (Wildman–Crippen LogP) is 3.12. The van der Waals surface area contributed by atoms with Crippen LogP contribution in [0.5, 0.6) is 0 Å². The quantitative estimate of drug-likeness (QED) is 0.617. The minimum atomic E-state index is -4.40. The summed E-state index contributed by atoms with van der Waals surface area (Å²) in [6.07, 6.45) is 0. The lowest BCUT2D eigenvalue weighted by Crippen LogP contribution is -2.30. The van der Waals surface area contributed by atoms with Gasteiger partial charge in [-0.25, -0.2) is 4.79 Å². The topological polar surface area (TPSA) is 98.7 Å². The van der Waals surface area contributed by atoms with Crippen LogP contribution in [0.15, 0.2) is 42.5 Å². The van der Waals surface area contributed by atoms with E-state index in [9.17, 15) is 19.1 Å². The first-order valence-corrected chi connectivity index (χ1v) is 8.78. The lowest BCUT2D eigenvalue weighted by molar-refractivity contribution is 0.251. The van der Waals surface area contributed by atoms with Gasteiger partial charge in [0.15, 0.2) is 0 Å². The summed E-state index contributed by atoms with van der Waals surface area (Å²) in [5.74, 6) is 0. The number of carbonyl (C=O) groups excluding carboxylic acids is 1. The summed E-state index contributed by atoms with van der Waals surface area (Å²) in [7, 11) is -4.40. The Bertz CT molecular complexity index is 779. The molecule has 122 valence electrons. The van der Waals surface area contributed by atoms with Crippen molar-refractivity contribution in [3.63, 3.8) is 0 Å². The summed E-state index contributed by atoms with van der Waals surface area (Å²) in [4.78, 5) is 30.4. The maximum atomic E-state index is 11.9. The number of anilines is 1. The average molecular weight is 375 g/mol. The van der Waals surface area contributed by atoms with Crippen molar-refractivity contribution >= 4 is 47.8 Å². The number of hydrogen-bond acceptors (Lipinski definition) is 2. The fraction of sp³-hybridized carbons (Fsp3) is 0.0714. The number of halogens is 2. The molecule has 0 aliphatic rings. The Morgan fingerprint density at radius 2 is 1.78 bits per heavy atom. The average Bonchev–Trinajstić information content (AvgIpc) is 2.48. The van der Waals surface area contributed by atoms with Gasteiger partial charge in [-0.15, -0.1) is 0 Å². The Kier molecular flexibility index (Phi) is 5.68. The van der Waals surface area contributed by atoms with Crippen LogP contribution < -0.4 is 15.9 Å². The van der Waals surface area contributed by atoms with Crippen molar-refractivity contribution in [1.82, 2.24) is 5.32 Å². The molecule has 0 bridgehead atoms. The third-order valence-corrected chi connectivity index (χ3v) is 4.73. The number of amides is 2. The third-order valence-electron chi connectivity index (χ3n) is 2.92. The van der Waals surface area contributed by atoms with Gasteiger partial charge in [0.25, 0.3) is 0 Å². The zero-order chi connectivity index (χ0) is 17.0. The molecule has 2 aromatic carbocycles. The standard InChI is InChI=1S/C14H13Cl2N2O4P/c15-11-6-5-10(7-12(11)16)18-14(19)17-8-9-3-1-2-4-13(9)23(20,21)22/h1-7H,8H2,(H2,17,18,19)(H2,20,21,22). The van der Waals surface area contributed by atoms with Gasteiger partial charge in [0.2, 0.25) is 0 Å². The molecule has 0 saturated carbocycles. The molecule has 6 nitrogen and oxygen atoms in total. The lowest BCUT2D eigenvalue weighted by Gasteiger charge is -2.12. The Balaban J connectivity index is 2.02. The van der Waals surface area contributed by atoms with Crippen LogP contribution in [0.3, 0.4) is 0 Å². The van der Waals surface area contributed by atoms with Crippen LogP contribution in [0.2, 0.25) is 10.0 Å². The van der Waals surface area contributed by atoms with Crippen molar-refractivity contribution in [2.75, 3.05) is 5.32 Å². The molecule has 2 aromatic rings. The molecule has 4 N–H and O–H groups in total. The van der Waals surface area contributed by atoms with Crippen LogP contribution in [0, 0.1) is 0 Å². The van der Waals surface area contributed by atoms with E-state index in [0.717, 1.165) is 0 Å². The second-order valence-electron chi connectivity index (χ2n) is 4.61. The zero-order valence-electron chi connectivity index (χ0n) is 11.7. The van der Waals surface area contributed by atoms with E-state index in [4.69, 9.17) is 23.2 Å². The first kappa shape index (κ1) is 17.8. The summed E-state index contributed by atoms with van der Waals surface area (Å²) in [5, 5.41) is 5.63. The summed E-state index contributed by atoms with van der Waals surface area (Å²) in [6, 6.07) is 10.1. The zero-order valence-corrected chi connectivity index (χ0v) is 14.1. The van der Waals surface area contributed by atoms with Gasteiger partial charge in [0.05, 0.1) is 15.3 Å². The van der Waals surface area contributed by atoms with Crippen molar-refractivity contribution in [3.05, 3.63) is 58.1 Å². The highest BCUT2D eigenvalue weighted by molar-refractivity contribution is 7.60. The largest absolute Gasteiger partial charge is 0.356 e. The van der Waals surface area contributed by atoms with Crippen molar-refractivity contribution in [3.8, 4) is 0 Å². The maximum absolute atomic E-state index is 11.9. The molecule has 0 spiro atoms. The van der Waals surface area contributed by atoms with Crippen molar-refractivity contribution in [2.45, 2.75) is 6.54 Å². The predicted molar refractivity (Wildman–Crippen MR) is 90.4 cm³/mol. The summed E-state index contributed by atoms with van der Waals surface area (Å²) < 4.78 is 11.4. The first-order valence-electron chi connectivity index (χ1n) is 6.41. The maximum Gasteiger partial charge on any atom is 0.356 e. The summed E-state index contributed by atoms with van der Waals surface area (Å²) in [5.41, 5.74) is 0.783. The molecule has 0 unspecified atom stereocenters. The van der Waals surface area contributed by atoms with Crippen LogP contribution in [-0.4, -0.2) is 15.8 Å². The van der Waals surface area contributed by atoms with Crippen LogP contribution in [0.1, 0.15) is 5.56 Å². The van der Waals surface area contributed by atoms with Crippen LogP contribution in [0.4, 0.5) is 10.5 Å². The number of hydrogen-bond donors (Lipinski definition) is 4. The van der Waals surface area contributed by atoms with E-state index < -0.39 is 13.6 Å². The Labute approximate surface area is 142 Å². The van der Waals surface area contributed by atoms with Gasteiger partial charge in [0, 0.05) is 12.2 Å². The highest BCUT2D eigenvalue weighted by atomic mass is 35.5. The number of carbonyl (C=O) groups is 1. The number of benzene rings is 2. The lowest BCUT2D eigenvalue weighted by atomic mass is 10.2. The molecule has 0 atom stereocenters. The molecule has 0 fully saturated rings. The van der Waals surface area contributed by atoms with E-state index in [1.807, 2.05) is 0 Å². The molecule has 2 rings (SSSR count). The molecular weight excluding hydrogens is 362 g/mol. The minimum absolute atomic E-state index is 0.0333. The number of nitrogens with one attached hydrogen (secondary N) is 2. The van der Waals surface area contributed by atoms with Crippen molar-refractivity contribution in [1.29, 1.82) is 0 Å². The molecule has 2 amide bonds. The SMILES string of the molecule is O=C(NCc1ccccc1P(=O)(O)O)Nc1ccc(Cl)c(Cl)c1. The van der Waals surface area contributed by atoms with E-state index in [2.05, 4.69) is 10.6 Å². The third kappa shape index (κ3) is 4.96. The molecule has 0 aliphatic heterocycles. The van der Waals surface area contributed by atoms with E-state index in [1.54, 1.807) is 18.2 Å². The first-order chi connectivity index (χ1) is 10.8. The molecule has 23 heavy (non-hydrogen) atoms. The molecule has 0 heterocycles. The van der Waals surface area contributed by atoms with Gasteiger partial charge in [-0.1, -0.05) is 41.4 Å². The van der Waals surface area contributed by atoms with Gasteiger partial charge < -0.3 is 20.4 Å². The fourth-order valence-corrected chi connectivity index (χ4v) is 2.98.